The average Bonchev–Trinajstić information content (AvgIpc) is 3.70. The molecule has 1 aromatic heterocycles. The van der Waals surface area contributed by atoms with Gasteiger partial charge < -0.3 is 24.1 Å². The summed E-state index contributed by atoms with van der Waals surface area (Å²) in [4.78, 5) is 11.7. The van der Waals surface area contributed by atoms with E-state index in [1.807, 2.05) is 6.07 Å². The minimum Gasteiger partial charge on any atom is -0.492 e. The number of halogens is 3. The number of nitrogens with zero attached hydrogens (tertiary/aromatic N) is 2. The first-order valence-electron chi connectivity index (χ1n) is 14.2. The molecule has 0 spiro atoms. The Labute approximate surface area is 251 Å². The first-order chi connectivity index (χ1) is 21.0. The molecule has 2 heterocycles. The maximum Gasteiger partial charge on any atom is 0.306 e. The SMILES string of the molecule is COC(=O)C[C@@H]1COc2cc(O[C@@H]3CCc4c(Oc5cc(F)c(-c6cnn(CC(C)(C)O)c6)cc5F)ccc(F)c43)ccc21. The van der Waals surface area contributed by atoms with Crippen molar-refractivity contribution in [2.75, 3.05) is 13.7 Å². The molecule has 0 saturated heterocycles. The molecular weight excluding hydrogens is 577 g/mol. The lowest BCUT2D eigenvalue weighted by atomic mass is 9.98. The van der Waals surface area contributed by atoms with Gasteiger partial charge in [0.15, 0.2) is 11.6 Å². The third kappa shape index (κ3) is 5.96. The Morgan fingerprint density at radius 3 is 2.68 bits per heavy atom. The topological polar surface area (TPSA) is 92.0 Å². The third-order valence-electron chi connectivity index (χ3n) is 7.76. The summed E-state index contributed by atoms with van der Waals surface area (Å²) in [6.45, 7) is 3.76. The van der Waals surface area contributed by atoms with Gasteiger partial charge in [0.25, 0.3) is 0 Å². The zero-order valence-electron chi connectivity index (χ0n) is 24.4. The predicted molar refractivity (Wildman–Crippen MR) is 153 cm³/mol. The van der Waals surface area contributed by atoms with Crippen molar-refractivity contribution in [3.63, 3.8) is 0 Å². The number of carbonyl (C=O) groups is 1. The molecule has 3 aromatic carbocycles. The summed E-state index contributed by atoms with van der Waals surface area (Å²) in [6, 6.07) is 9.90. The van der Waals surface area contributed by atoms with E-state index >= 15 is 13.2 Å². The zero-order chi connectivity index (χ0) is 31.2. The number of methoxy groups -OCH3 is 1. The van der Waals surface area contributed by atoms with Gasteiger partial charge in [-0.2, -0.15) is 5.10 Å². The third-order valence-corrected chi connectivity index (χ3v) is 7.76. The summed E-state index contributed by atoms with van der Waals surface area (Å²) in [7, 11) is 1.34. The molecule has 0 radical (unpaired) electrons. The maximum atomic E-state index is 15.2. The molecule has 6 rings (SSSR count). The van der Waals surface area contributed by atoms with E-state index in [4.69, 9.17) is 18.9 Å². The standard InChI is InChI=1S/C33H31F3N2O6/c1-33(2,40)17-38-15-19(14-37-38)23-12-26(36)30(13-25(23)35)44-27-9-7-24(34)32-22(27)6-8-28(32)43-20-4-5-21-18(10-31(39)41-3)16-42-29(21)11-20/h4-5,7,9,11-15,18,28,40H,6,8,10,16-17H2,1-3H3/t18-,28-/m1/s1. The summed E-state index contributed by atoms with van der Waals surface area (Å²) >= 11 is 0. The Hall–Kier alpha value is -4.51. The maximum absolute atomic E-state index is 15.2. The van der Waals surface area contributed by atoms with E-state index in [1.165, 1.54) is 36.3 Å². The molecule has 0 saturated carbocycles. The van der Waals surface area contributed by atoms with Crippen LogP contribution in [0.3, 0.4) is 0 Å². The molecule has 8 nitrogen and oxygen atoms in total. The summed E-state index contributed by atoms with van der Waals surface area (Å²) in [5.41, 5.74) is 0.988. The Morgan fingerprint density at radius 2 is 1.91 bits per heavy atom. The van der Waals surface area contributed by atoms with Crippen LogP contribution in [0.4, 0.5) is 13.2 Å². The van der Waals surface area contributed by atoms with E-state index in [-0.39, 0.29) is 41.9 Å². The van der Waals surface area contributed by atoms with Crippen LogP contribution in [-0.4, -0.2) is 40.2 Å². The number of fused-ring (bicyclic) bond motifs is 2. The van der Waals surface area contributed by atoms with Gasteiger partial charge in [0.05, 0.1) is 38.5 Å². The lowest BCUT2D eigenvalue weighted by Crippen LogP contribution is -2.26. The molecule has 4 aromatic rings. The minimum absolute atomic E-state index is 0.00964. The van der Waals surface area contributed by atoms with Gasteiger partial charge in [-0.3, -0.25) is 9.48 Å². The smallest absolute Gasteiger partial charge is 0.306 e. The monoisotopic (exact) mass is 608 g/mol. The highest BCUT2D eigenvalue weighted by Crippen LogP contribution is 2.45. The van der Waals surface area contributed by atoms with Gasteiger partial charge in [0.2, 0.25) is 0 Å². The summed E-state index contributed by atoms with van der Waals surface area (Å²) < 4.78 is 69.4. The van der Waals surface area contributed by atoms with Gasteiger partial charge >= 0.3 is 5.97 Å². The molecular formula is C33H31F3N2O6. The lowest BCUT2D eigenvalue weighted by Gasteiger charge is -2.17. The van der Waals surface area contributed by atoms with Gasteiger partial charge in [0, 0.05) is 52.1 Å². The Bertz CT molecular complexity index is 1730. The van der Waals surface area contributed by atoms with Crippen molar-refractivity contribution in [1.82, 2.24) is 9.78 Å². The molecule has 0 fully saturated rings. The van der Waals surface area contributed by atoms with Gasteiger partial charge in [-0.1, -0.05) is 6.07 Å². The van der Waals surface area contributed by atoms with Crippen molar-refractivity contribution in [2.24, 2.45) is 0 Å². The molecule has 11 heteroatoms. The zero-order valence-corrected chi connectivity index (χ0v) is 24.4. The molecule has 44 heavy (non-hydrogen) atoms. The van der Waals surface area contributed by atoms with E-state index in [0.717, 1.165) is 17.7 Å². The molecule has 2 atom stereocenters. The number of hydrogen-bond acceptors (Lipinski definition) is 7. The van der Waals surface area contributed by atoms with Crippen molar-refractivity contribution in [1.29, 1.82) is 0 Å². The van der Waals surface area contributed by atoms with Crippen LogP contribution in [0.25, 0.3) is 11.1 Å². The average molecular weight is 609 g/mol. The van der Waals surface area contributed by atoms with E-state index in [9.17, 15) is 9.90 Å². The molecule has 0 unspecified atom stereocenters. The highest BCUT2D eigenvalue weighted by molar-refractivity contribution is 5.71. The highest BCUT2D eigenvalue weighted by atomic mass is 19.1. The molecule has 2 aliphatic rings. The first kappa shape index (κ1) is 29.6. The number of ether oxygens (including phenoxy) is 4. The molecule has 0 bridgehead atoms. The second-order valence-electron chi connectivity index (χ2n) is 11.7. The van der Waals surface area contributed by atoms with Crippen molar-refractivity contribution < 1.29 is 42.0 Å². The van der Waals surface area contributed by atoms with Crippen LogP contribution in [0.15, 0.2) is 54.9 Å². The number of benzene rings is 3. The van der Waals surface area contributed by atoms with E-state index < -0.39 is 29.2 Å². The van der Waals surface area contributed by atoms with Crippen LogP contribution in [0, 0.1) is 17.5 Å². The number of rotatable bonds is 9. The second-order valence-corrected chi connectivity index (χ2v) is 11.7. The Kier molecular flexibility index (Phi) is 7.75. The van der Waals surface area contributed by atoms with Crippen molar-refractivity contribution in [2.45, 2.75) is 57.3 Å². The van der Waals surface area contributed by atoms with Gasteiger partial charge in [-0.15, -0.1) is 0 Å². The molecule has 1 N–H and O–H groups in total. The normalized spacial score (nSPS) is 17.2. The molecule has 0 amide bonds. The number of aliphatic hydroxyl groups is 1. The highest BCUT2D eigenvalue weighted by Gasteiger charge is 2.32. The van der Waals surface area contributed by atoms with Crippen LogP contribution >= 0.6 is 0 Å². The summed E-state index contributed by atoms with van der Waals surface area (Å²) in [6.07, 6.45) is 3.33. The van der Waals surface area contributed by atoms with Gasteiger partial charge in [-0.05, 0) is 51.0 Å². The fraction of sp³-hybridized carbons (Fsp3) is 0.333. The van der Waals surface area contributed by atoms with Crippen molar-refractivity contribution in [3.8, 4) is 34.1 Å². The Morgan fingerprint density at radius 1 is 1.09 bits per heavy atom. The summed E-state index contributed by atoms with van der Waals surface area (Å²) in [5.74, 6) is -1.52. The molecule has 230 valence electrons. The van der Waals surface area contributed by atoms with Crippen LogP contribution in [0.5, 0.6) is 23.0 Å². The van der Waals surface area contributed by atoms with Gasteiger partial charge in [0.1, 0.15) is 35.0 Å². The summed E-state index contributed by atoms with van der Waals surface area (Å²) in [5, 5.41) is 14.1. The number of aromatic nitrogens is 2. The number of carbonyl (C=O) groups excluding carboxylic acids is 1. The Balaban J connectivity index is 1.20. The number of hydrogen-bond donors (Lipinski definition) is 1. The minimum atomic E-state index is -1.03. The van der Waals surface area contributed by atoms with E-state index in [0.29, 0.717) is 47.6 Å². The first-order valence-corrected chi connectivity index (χ1v) is 14.2. The fourth-order valence-corrected chi connectivity index (χ4v) is 5.74. The van der Waals surface area contributed by atoms with Crippen LogP contribution in [0.1, 0.15) is 55.4 Å². The fourth-order valence-electron chi connectivity index (χ4n) is 5.74. The molecule has 1 aliphatic carbocycles. The van der Waals surface area contributed by atoms with Crippen LogP contribution in [-0.2, 0) is 22.5 Å². The lowest BCUT2D eigenvalue weighted by molar-refractivity contribution is -0.141. The van der Waals surface area contributed by atoms with Crippen molar-refractivity contribution >= 4 is 5.97 Å². The van der Waals surface area contributed by atoms with E-state index in [2.05, 4.69) is 5.10 Å². The second kappa shape index (κ2) is 11.5. The van der Waals surface area contributed by atoms with Gasteiger partial charge in [-0.25, -0.2) is 13.2 Å². The van der Waals surface area contributed by atoms with E-state index in [1.54, 1.807) is 26.0 Å². The van der Waals surface area contributed by atoms with Crippen molar-refractivity contribution in [3.05, 3.63) is 89.0 Å². The molecule has 1 aliphatic heterocycles. The number of esters is 1. The predicted octanol–water partition coefficient (Wildman–Crippen LogP) is 6.64. The van der Waals surface area contributed by atoms with Crippen LogP contribution < -0.4 is 14.2 Å². The van der Waals surface area contributed by atoms with Crippen LogP contribution in [0.2, 0.25) is 0 Å². The largest absolute Gasteiger partial charge is 0.492 e. The quantitative estimate of drug-likeness (QED) is 0.213.